The van der Waals surface area contributed by atoms with Gasteiger partial charge < -0.3 is 15.0 Å². The maximum atomic E-state index is 12.8. The van der Waals surface area contributed by atoms with E-state index in [0.29, 0.717) is 6.54 Å². The highest BCUT2D eigenvalue weighted by Gasteiger charge is 2.30. The standard InChI is InChI=1S/C31H34F6N4O/c32-30(33,34)20-22-3-7-25(8-4-22)39-26-9-11-27(12-10-26)42-28-13-14-38-29(19-28)41-17-15-40(16-18-41)21-23-1-5-24(6-2-23)31(35,36)37/h1-8,13-14,19,26-27,39H,9-12,15-18,20-21H2. The Balaban J connectivity index is 1.05. The summed E-state index contributed by atoms with van der Waals surface area (Å²) in [6.45, 7) is 3.66. The number of ether oxygens (including phenoxy) is 1. The summed E-state index contributed by atoms with van der Waals surface area (Å²) in [7, 11) is 0. The zero-order valence-electron chi connectivity index (χ0n) is 23.1. The summed E-state index contributed by atoms with van der Waals surface area (Å²) in [6, 6.07) is 15.9. The molecule has 5 rings (SSSR count). The fourth-order valence-corrected chi connectivity index (χ4v) is 5.54. The van der Waals surface area contributed by atoms with Crippen molar-refractivity contribution < 1.29 is 31.1 Å². The van der Waals surface area contributed by atoms with Gasteiger partial charge in [-0.15, -0.1) is 0 Å². The first-order chi connectivity index (χ1) is 20.0. The predicted octanol–water partition coefficient (Wildman–Crippen LogP) is 7.33. The monoisotopic (exact) mass is 592 g/mol. The van der Waals surface area contributed by atoms with E-state index < -0.39 is 24.3 Å². The molecule has 0 radical (unpaired) electrons. The molecule has 226 valence electrons. The number of aromatic nitrogens is 1. The maximum absolute atomic E-state index is 12.8. The fraction of sp³-hybridized carbons (Fsp3) is 0.452. The van der Waals surface area contributed by atoms with E-state index in [1.165, 1.54) is 12.1 Å². The summed E-state index contributed by atoms with van der Waals surface area (Å²) in [5.74, 6) is 1.61. The molecule has 1 saturated heterocycles. The second-order valence-corrected chi connectivity index (χ2v) is 11.0. The molecule has 2 aliphatic rings. The molecule has 2 fully saturated rings. The Morgan fingerprint density at radius 3 is 2.05 bits per heavy atom. The lowest BCUT2D eigenvalue weighted by molar-refractivity contribution is -0.137. The van der Waals surface area contributed by atoms with E-state index in [9.17, 15) is 26.3 Å². The summed E-state index contributed by atoms with van der Waals surface area (Å²) in [4.78, 5) is 8.95. The van der Waals surface area contributed by atoms with Crippen molar-refractivity contribution in [3.8, 4) is 5.75 Å². The van der Waals surface area contributed by atoms with Gasteiger partial charge in [0.1, 0.15) is 11.6 Å². The van der Waals surface area contributed by atoms with Crippen molar-refractivity contribution in [2.75, 3.05) is 36.4 Å². The Labute approximate surface area is 241 Å². The summed E-state index contributed by atoms with van der Waals surface area (Å²) < 4.78 is 82.5. The smallest absolute Gasteiger partial charge is 0.416 e. The number of hydrogen-bond acceptors (Lipinski definition) is 5. The van der Waals surface area contributed by atoms with Crippen molar-refractivity contribution in [1.29, 1.82) is 0 Å². The second kappa shape index (κ2) is 12.8. The lowest BCUT2D eigenvalue weighted by Crippen LogP contribution is -2.46. The number of nitrogens with zero attached hydrogens (tertiary/aromatic N) is 3. The maximum Gasteiger partial charge on any atom is 0.416 e. The molecular weight excluding hydrogens is 558 g/mol. The van der Waals surface area contributed by atoms with Gasteiger partial charge in [-0.1, -0.05) is 24.3 Å². The molecular formula is C31H34F6N4O. The van der Waals surface area contributed by atoms with Crippen molar-refractivity contribution in [3.63, 3.8) is 0 Å². The van der Waals surface area contributed by atoms with Gasteiger partial charge in [-0.25, -0.2) is 4.98 Å². The Hall–Kier alpha value is -3.47. The molecule has 0 atom stereocenters. The molecule has 0 amide bonds. The number of rotatable bonds is 8. The summed E-state index contributed by atoms with van der Waals surface area (Å²) in [5.41, 5.74) is 1.30. The molecule has 0 spiro atoms. The van der Waals surface area contributed by atoms with Gasteiger partial charge >= 0.3 is 12.4 Å². The molecule has 1 saturated carbocycles. The average molecular weight is 593 g/mol. The van der Waals surface area contributed by atoms with E-state index in [0.717, 1.165) is 86.8 Å². The van der Waals surface area contributed by atoms with Crippen molar-refractivity contribution >= 4 is 11.5 Å². The Bertz CT molecular complexity index is 1280. The molecule has 42 heavy (non-hydrogen) atoms. The van der Waals surface area contributed by atoms with Gasteiger partial charge in [0.25, 0.3) is 0 Å². The molecule has 3 aromatic rings. The van der Waals surface area contributed by atoms with Crippen molar-refractivity contribution in [2.45, 2.75) is 63.1 Å². The van der Waals surface area contributed by atoms with Crippen molar-refractivity contribution in [3.05, 3.63) is 83.6 Å². The Morgan fingerprint density at radius 1 is 0.786 bits per heavy atom. The van der Waals surface area contributed by atoms with E-state index >= 15 is 0 Å². The number of benzene rings is 2. The third-order valence-corrected chi connectivity index (χ3v) is 7.81. The molecule has 1 N–H and O–H groups in total. The number of nitrogens with one attached hydrogen (secondary N) is 1. The van der Waals surface area contributed by atoms with Gasteiger partial charge in [-0.3, -0.25) is 4.90 Å². The zero-order valence-corrected chi connectivity index (χ0v) is 23.1. The highest BCUT2D eigenvalue weighted by molar-refractivity contribution is 5.46. The molecule has 11 heteroatoms. The lowest BCUT2D eigenvalue weighted by atomic mass is 9.92. The molecule has 0 bridgehead atoms. The molecule has 0 unspecified atom stereocenters. The third kappa shape index (κ3) is 8.53. The number of piperazine rings is 1. The summed E-state index contributed by atoms with van der Waals surface area (Å²) >= 11 is 0. The number of pyridine rings is 1. The third-order valence-electron chi connectivity index (χ3n) is 7.81. The molecule has 1 aromatic heterocycles. The molecule has 1 aliphatic carbocycles. The van der Waals surface area contributed by atoms with Gasteiger partial charge in [0.2, 0.25) is 0 Å². The van der Waals surface area contributed by atoms with Crippen LogP contribution in [0.2, 0.25) is 0 Å². The van der Waals surface area contributed by atoms with Gasteiger partial charge in [0.15, 0.2) is 0 Å². The highest BCUT2D eigenvalue weighted by Crippen LogP contribution is 2.30. The first kappa shape index (κ1) is 30.0. The predicted molar refractivity (Wildman–Crippen MR) is 150 cm³/mol. The first-order valence-electron chi connectivity index (χ1n) is 14.2. The Kier molecular flexibility index (Phi) is 9.15. The number of anilines is 2. The molecule has 1 aliphatic heterocycles. The highest BCUT2D eigenvalue weighted by atomic mass is 19.4. The van der Waals surface area contributed by atoms with Crippen LogP contribution in [0.4, 0.5) is 37.8 Å². The minimum atomic E-state index is -4.33. The van der Waals surface area contributed by atoms with Crippen LogP contribution in [0.5, 0.6) is 5.75 Å². The van der Waals surface area contributed by atoms with Crippen LogP contribution in [0.15, 0.2) is 66.9 Å². The lowest BCUT2D eigenvalue weighted by Gasteiger charge is -2.35. The number of alkyl halides is 6. The van der Waals surface area contributed by atoms with Crippen LogP contribution < -0.4 is 15.0 Å². The SMILES string of the molecule is FC(F)(F)Cc1ccc(NC2CCC(Oc3ccnc(N4CCN(Cc5ccc(C(F)(F)F)cc5)CC4)c3)CC2)cc1. The minimum absolute atomic E-state index is 0.0769. The van der Waals surface area contributed by atoms with Crippen molar-refractivity contribution in [2.24, 2.45) is 0 Å². The first-order valence-corrected chi connectivity index (χ1v) is 14.2. The summed E-state index contributed by atoms with van der Waals surface area (Å²) in [5, 5.41) is 3.43. The topological polar surface area (TPSA) is 40.6 Å². The van der Waals surface area contributed by atoms with Crippen LogP contribution in [0.3, 0.4) is 0 Å². The van der Waals surface area contributed by atoms with Crippen LogP contribution in [0, 0.1) is 0 Å². The van der Waals surface area contributed by atoms with Crippen LogP contribution in [0.1, 0.15) is 42.4 Å². The van der Waals surface area contributed by atoms with Crippen molar-refractivity contribution in [1.82, 2.24) is 9.88 Å². The molecule has 2 aromatic carbocycles. The average Bonchev–Trinajstić information content (AvgIpc) is 2.95. The van der Waals surface area contributed by atoms with Crippen LogP contribution in [0.25, 0.3) is 0 Å². The second-order valence-electron chi connectivity index (χ2n) is 11.0. The number of halogens is 6. The van der Waals surface area contributed by atoms with Gasteiger partial charge in [0.05, 0.1) is 18.1 Å². The van der Waals surface area contributed by atoms with E-state index in [-0.39, 0.29) is 17.7 Å². The van der Waals surface area contributed by atoms with E-state index in [2.05, 4.69) is 20.1 Å². The van der Waals surface area contributed by atoms with E-state index in [1.807, 2.05) is 12.1 Å². The number of hydrogen-bond donors (Lipinski definition) is 1. The molecule has 5 nitrogen and oxygen atoms in total. The van der Waals surface area contributed by atoms with E-state index in [1.54, 1.807) is 30.5 Å². The van der Waals surface area contributed by atoms with Gasteiger partial charge in [-0.2, -0.15) is 26.3 Å². The molecule has 2 heterocycles. The summed E-state index contributed by atoms with van der Waals surface area (Å²) in [6.07, 6.45) is -4.11. The largest absolute Gasteiger partial charge is 0.490 e. The minimum Gasteiger partial charge on any atom is -0.490 e. The fourth-order valence-electron chi connectivity index (χ4n) is 5.54. The van der Waals surface area contributed by atoms with Gasteiger partial charge in [-0.05, 0) is 67.1 Å². The van der Waals surface area contributed by atoms with Crippen LogP contribution in [-0.4, -0.2) is 54.4 Å². The quantitative estimate of drug-likeness (QED) is 0.278. The van der Waals surface area contributed by atoms with Gasteiger partial charge in [0, 0.05) is 56.7 Å². The van der Waals surface area contributed by atoms with Crippen LogP contribution >= 0.6 is 0 Å². The Morgan fingerprint density at radius 2 is 1.43 bits per heavy atom. The zero-order chi connectivity index (χ0) is 29.7. The van der Waals surface area contributed by atoms with E-state index in [4.69, 9.17) is 4.74 Å². The normalized spacial score (nSPS) is 20.4. The van der Waals surface area contributed by atoms with Crippen LogP contribution in [-0.2, 0) is 19.1 Å².